The van der Waals surface area contributed by atoms with Crippen molar-refractivity contribution >= 4 is 0 Å². The van der Waals surface area contributed by atoms with Gasteiger partial charge in [0.2, 0.25) is 0 Å². The van der Waals surface area contributed by atoms with Crippen LogP contribution in [0.4, 0.5) is 0 Å². The molecule has 2 rings (SSSR count). The molecule has 2 heterocycles. The van der Waals surface area contributed by atoms with Crippen LogP contribution in [0.5, 0.6) is 0 Å². The van der Waals surface area contributed by atoms with Crippen LogP contribution >= 0.6 is 0 Å². The third-order valence-electron chi connectivity index (χ3n) is 7.43. The molecular formula is C26H52N4. The van der Waals surface area contributed by atoms with Gasteiger partial charge < -0.3 is 10.2 Å². The molecular weight excluding hydrogens is 368 g/mol. The van der Waals surface area contributed by atoms with Crippen LogP contribution in [0.3, 0.4) is 0 Å². The Morgan fingerprint density at radius 3 is 1.87 bits per heavy atom. The van der Waals surface area contributed by atoms with Crippen molar-refractivity contribution in [1.82, 2.24) is 20.0 Å². The van der Waals surface area contributed by atoms with Crippen molar-refractivity contribution < 1.29 is 0 Å². The van der Waals surface area contributed by atoms with E-state index in [0.29, 0.717) is 17.1 Å². The fourth-order valence-corrected chi connectivity index (χ4v) is 5.08. The first-order chi connectivity index (χ1) is 14.0. The largest absolute Gasteiger partial charge is 0.310 e. The number of hydrogen-bond acceptors (Lipinski definition) is 4. The maximum Gasteiger partial charge on any atom is 0.0140 e. The number of rotatable bonds is 8. The van der Waals surface area contributed by atoms with Crippen molar-refractivity contribution in [3.05, 3.63) is 11.6 Å². The summed E-state index contributed by atoms with van der Waals surface area (Å²) in [6.45, 7) is 27.1. The molecule has 0 aromatic heterocycles. The molecule has 2 aliphatic rings. The smallest absolute Gasteiger partial charge is 0.0140 e. The summed E-state index contributed by atoms with van der Waals surface area (Å²) < 4.78 is 0. The highest BCUT2D eigenvalue weighted by Crippen LogP contribution is 2.23. The molecule has 0 aromatic rings. The summed E-state index contributed by atoms with van der Waals surface area (Å²) in [4.78, 5) is 8.00. The van der Waals surface area contributed by atoms with Gasteiger partial charge in [-0.15, -0.1) is 0 Å². The molecule has 4 nitrogen and oxygen atoms in total. The summed E-state index contributed by atoms with van der Waals surface area (Å²) in [5.41, 5.74) is 2.17. The van der Waals surface area contributed by atoms with Gasteiger partial charge in [-0.05, 0) is 87.1 Å². The van der Waals surface area contributed by atoms with Crippen molar-refractivity contribution in [1.29, 1.82) is 0 Å². The molecule has 0 saturated carbocycles. The fourth-order valence-electron chi connectivity index (χ4n) is 5.08. The molecule has 0 unspecified atom stereocenters. The Kier molecular flexibility index (Phi) is 9.86. The predicted octanol–water partition coefficient (Wildman–Crippen LogP) is 4.76. The maximum atomic E-state index is 3.79. The lowest BCUT2D eigenvalue weighted by atomic mass is 9.96. The Labute approximate surface area is 188 Å². The third kappa shape index (κ3) is 8.26. The van der Waals surface area contributed by atoms with E-state index in [1.54, 1.807) is 5.57 Å². The summed E-state index contributed by atoms with van der Waals surface area (Å²) in [6.07, 6.45) is 8.84. The van der Waals surface area contributed by atoms with E-state index >= 15 is 0 Å². The molecule has 2 fully saturated rings. The Balaban J connectivity index is 1.67. The molecule has 0 aliphatic carbocycles. The average molecular weight is 421 g/mol. The SMILES string of the molecule is CCN(CC/C(C)=C\CNC1CCN(C(C)(C)C)CC1)C1CCN(C(C)(C)C)CC1. The van der Waals surface area contributed by atoms with E-state index in [1.165, 1.54) is 71.4 Å². The number of nitrogens with zero attached hydrogens (tertiary/aromatic N) is 3. The highest BCUT2D eigenvalue weighted by molar-refractivity contribution is 5.01. The van der Waals surface area contributed by atoms with Crippen LogP contribution in [0.1, 0.15) is 87.5 Å². The Hall–Kier alpha value is -0.420. The molecule has 176 valence electrons. The van der Waals surface area contributed by atoms with Gasteiger partial charge in [-0.25, -0.2) is 0 Å². The van der Waals surface area contributed by atoms with Crippen molar-refractivity contribution in [2.75, 3.05) is 45.8 Å². The van der Waals surface area contributed by atoms with Gasteiger partial charge in [0.05, 0.1) is 0 Å². The predicted molar refractivity (Wildman–Crippen MR) is 132 cm³/mol. The lowest BCUT2D eigenvalue weighted by Crippen LogP contribution is -2.51. The first kappa shape index (κ1) is 25.8. The fraction of sp³-hybridized carbons (Fsp3) is 0.923. The van der Waals surface area contributed by atoms with Gasteiger partial charge >= 0.3 is 0 Å². The van der Waals surface area contributed by atoms with Gasteiger partial charge in [0.1, 0.15) is 0 Å². The third-order valence-corrected chi connectivity index (χ3v) is 7.43. The van der Waals surface area contributed by atoms with Gasteiger partial charge in [0.15, 0.2) is 0 Å². The molecule has 0 radical (unpaired) electrons. The van der Waals surface area contributed by atoms with Gasteiger partial charge in [0.25, 0.3) is 0 Å². The normalized spacial score (nSPS) is 22.2. The quantitative estimate of drug-likeness (QED) is 0.571. The van der Waals surface area contributed by atoms with E-state index in [-0.39, 0.29) is 0 Å². The first-order valence-electron chi connectivity index (χ1n) is 12.6. The zero-order valence-corrected chi connectivity index (χ0v) is 21.6. The lowest BCUT2D eigenvalue weighted by Gasteiger charge is -2.43. The molecule has 0 atom stereocenters. The van der Waals surface area contributed by atoms with Crippen molar-refractivity contribution in [2.45, 2.75) is 111 Å². The topological polar surface area (TPSA) is 21.8 Å². The van der Waals surface area contributed by atoms with E-state index in [2.05, 4.69) is 81.5 Å². The molecule has 30 heavy (non-hydrogen) atoms. The minimum Gasteiger partial charge on any atom is -0.310 e. The van der Waals surface area contributed by atoms with E-state index in [1.807, 2.05) is 0 Å². The molecule has 0 bridgehead atoms. The number of piperidine rings is 2. The molecule has 2 saturated heterocycles. The van der Waals surface area contributed by atoms with Crippen molar-refractivity contribution in [3.8, 4) is 0 Å². The number of hydrogen-bond donors (Lipinski definition) is 1. The second-order valence-electron chi connectivity index (χ2n) is 11.7. The van der Waals surface area contributed by atoms with E-state index in [4.69, 9.17) is 0 Å². The first-order valence-corrected chi connectivity index (χ1v) is 12.6. The monoisotopic (exact) mass is 420 g/mol. The van der Waals surface area contributed by atoms with E-state index < -0.39 is 0 Å². The Morgan fingerprint density at radius 2 is 1.40 bits per heavy atom. The van der Waals surface area contributed by atoms with E-state index in [0.717, 1.165) is 12.6 Å². The van der Waals surface area contributed by atoms with Crippen molar-refractivity contribution in [3.63, 3.8) is 0 Å². The van der Waals surface area contributed by atoms with Crippen LogP contribution in [0, 0.1) is 0 Å². The summed E-state index contributed by atoms with van der Waals surface area (Å²) in [5.74, 6) is 0. The van der Waals surface area contributed by atoms with Crippen LogP contribution in [-0.2, 0) is 0 Å². The Morgan fingerprint density at radius 1 is 0.900 bits per heavy atom. The zero-order valence-electron chi connectivity index (χ0n) is 21.6. The molecule has 1 N–H and O–H groups in total. The zero-order chi connectivity index (χ0) is 22.4. The summed E-state index contributed by atoms with van der Waals surface area (Å²) in [6, 6.07) is 1.46. The molecule has 2 aliphatic heterocycles. The molecule has 0 spiro atoms. The van der Waals surface area contributed by atoms with Crippen LogP contribution in [0.25, 0.3) is 0 Å². The highest BCUT2D eigenvalue weighted by atomic mass is 15.2. The minimum absolute atomic E-state index is 0.315. The standard InChI is InChI=1S/C26H52N4/c1-9-28(24-14-20-30(21-15-24)26(6,7)8)17-11-22(2)10-16-27-23-12-18-29(19-13-23)25(3,4)5/h10,23-24,27H,9,11-21H2,1-8H3/b22-10-. The van der Waals surface area contributed by atoms with Gasteiger partial charge in [-0.1, -0.05) is 18.6 Å². The van der Waals surface area contributed by atoms with Crippen molar-refractivity contribution in [2.24, 2.45) is 0 Å². The van der Waals surface area contributed by atoms with Gasteiger partial charge in [0, 0.05) is 62.4 Å². The van der Waals surface area contributed by atoms with Crippen LogP contribution < -0.4 is 5.32 Å². The average Bonchev–Trinajstić information content (AvgIpc) is 2.68. The summed E-state index contributed by atoms with van der Waals surface area (Å²) in [7, 11) is 0. The maximum absolute atomic E-state index is 3.79. The van der Waals surface area contributed by atoms with Gasteiger partial charge in [-0.2, -0.15) is 0 Å². The minimum atomic E-state index is 0.315. The number of nitrogens with one attached hydrogen (secondary N) is 1. The van der Waals surface area contributed by atoms with Gasteiger partial charge in [-0.3, -0.25) is 9.80 Å². The lowest BCUT2D eigenvalue weighted by molar-refractivity contribution is 0.0586. The molecule has 4 heteroatoms. The second-order valence-corrected chi connectivity index (χ2v) is 11.7. The second kappa shape index (κ2) is 11.4. The molecule has 0 amide bonds. The highest BCUT2D eigenvalue weighted by Gasteiger charge is 2.29. The van der Waals surface area contributed by atoms with Crippen LogP contribution in [0.15, 0.2) is 11.6 Å². The number of likely N-dealkylation sites (tertiary alicyclic amines) is 2. The summed E-state index contributed by atoms with van der Waals surface area (Å²) >= 11 is 0. The van der Waals surface area contributed by atoms with Crippen LogP contribution in [-0.4, -0.2) is 83.7 Å². The van der Waals surface area contributed by atoms with Crippen LogP contribution in [0.2, 0.25) is 0 Å². The van der Waals surface area contributed by atoms with E-state index in [9.17, 15) is 0 Å². The molecule has 0 aromatic carbocycles. The summed E-state index contributed by atoms with van der Waals surface area (Å²) in [5, 5.41) is 3.79. The Bertz CT molecular complexity index is 512.